The van der Waals surface area contributed by atoms with Gasteiger partial charge in [0.05, 0.1) is 0 Å². The van der Waals surface area contributed by atoms with E-state index in [-0.39, 0.29) is 0 Å². The summed E-state index contributed by atoms with van der Waals surface area (Å²) in [6.07, 6.45) is 6.71. The number of rotatable bonds is 4. The van der Waals surface area contributed by atoms with Crippen molar-refractivity contribution >= 4 is 12.6 Å². The minimum atomic E-state index is 0.422. The van der Waals surface area contributed by atoms with E-state index < -0.39 is 0 Å². The van der Waals surface area contributed by atoms with Crippen molar-refractivity contribution in [2.24, 2.45) is 11.8 Å². The van der Waals surface area contributed by atoms with Gasteiger partial charge in [-0.3, -0.25) is 0 Å². The monoisotopic (exact) mass is 186 g/mol. The average molecular weight is 186 g/mol. The average Bonchev–Trinajstić information content (AvgIpc) is 1.95. The Morgan fingerprint density at radius 3 is 2.42 bits per heavy atom. The number of thiol groups is 1. The van der Waals surface area contributed by atoms with Crippen molar-refractivity contribution < 1.29 is 0 Å². The molecule has 1 saturated carbocycles. The van der Waals surface area contributed by atoms with E-state index in [9.17, 15) is 0 Å². The fourth-order valence-corrected chi connectivity index (χ4v) is 2.72. The zero-order valence-corrected chi connectivity index (χ0v) is 9.53. The first kappa shape index (κ1) is 10.4. The van der Waals surface area contributed by atoms with Crippen molar-refractivity contribution in [1.82, 2.24) is 0 Å². The molecule has 0 N–H and O–H groups in total. The zero-order valence-electron chi connectivity index (χ0n) is 8.64. The second kappa shape index (κ2) is 4.04. The Morgan fingerprint density at radius 1 is 1.42 bits per heavy atom. The van der Waals surface area contributed by atoms with E-state index in [4.69, 9.17) is 12.6 Å². The molecular formula is C11H22S. The molecule has 1 aliphatic carbocycles. The van der Waals surface area contributed by atoms with Crippen LogP contribution < -0.4 is 0 Å². The summed E-state index contributed by atoms with van der Waals surface area (Å²) in [5.41, 5.74) is 0. The molecule has 1 rings (SSSR count). The Labute approximate surface area is 82.5 Å². The predicted molar refractivity (Wildman–Crippen MR) is 58.8 cm³/mol. The normalized spacial score (nSPS) is 35.2. The van der Waals surface area contributed by atoms with Crippen LogP contribution in [0.3, 0.4) is 0 Å². The van der Waals surface area contributed by atoms with Gasteiger partial charge in [-0.1, -0.05) is 33.6 Å². The predicted octanol–water partition coefficient (Wildman–Crippen LogP) is 3.91. The van der Waals surface area contributed by atoms with Crippen LogP contribution in [0.1, 0.15) is 52.9 Å². The van der Waals surface area contributed by atoms with E-state index in [2.05, 4.69) is 20.8 Å². The van der Waals surface area contributed by atoms with Crippen LogP contribution in [-0.2, 0) is 0 Å². The fraction of sp³-hybridized carbons (Fsp3) is 1.00. The minimum absolute atomic E-state index is 0.422. The number of unbranched alkanes of at least 4 members (excludes halogenated alkanes) is 1. The molecule has 1 heteroatoms. The van der Waals surface area contributed by atoms with Crippen LogP contribution in [0.5, 0.6) is 0 Å². The van der Waals surface area contributed by atoms with Gasteiger partial charge in [-0.05, 0) is 31.1 Å². The molecule has 0 aromatic heterocycles. The zero-order chi connectivity index (χ0) is 9.19. The molecule has 0 nitrogen and oxygen atoms in total. The second-order valence-electron chi connectivity index (χ2n) is 4.74. The highest BCUT2D eigenvalue weighted by molar-refractivity contribution is 7.81. The molecule has 72 valence electrons. The first-order chi connectivity index (χ1) is 5.57. The summed E-state index contributed by atoms with van der Waals surface area (Å²) in [6.45, 7) is 6.92. The van der Waals surface area contributed by atoms with Gasteiger partial charge in [0.2, 0.25) is 0 Å². The van der Waals surface area contributed by atoms with Crippen LogP contribution in [-0.4, -0.2) is 4.75 Å². The van der Waals surface area contributed by atoms with Crippen molar-refractivity contribution in [1.29, 1.82) is 0 Å². The van der Waals surface area contributed by atoms with Gasteiger partial charge in [0, 0.05) is 4.75 Å². The molecule has 0 atom stereocenters. The van der Waals surface area contributed by atoms with Gasteiger partial charge in [-0.25, -0.2) is 0 Å². The van der Waals surface area contributed by atoms with E-state index in [0.717, 1.165) is 11.8 Å². The highest BCUT2D eigenvalue weighted by Crippen LogP contribution is 2.49. The summed E-state index contributed by atoms with van der Waals surface area (Å²) in [7, 11) is 0. The number of hydrogen-bond donors (Lipinski definition) is 1. The van der Waals surface area contributed by atoms with E-state index in [1.807, 2.05) is 0 Å². The molecule has 0 heterocycles. The molecule has 0 unspecified atom stereocenters. The molecule has 1 fully saturated rings. The molecule has 0 radical (unpaired) electrons. The molecule has 0 aliphatic heterocycles. The lowest BCUT2D eigenvalue weighted by atomic mass is 9.67. The lowest BCUT2D eigenvalue weighted by molar-refractivity contribution is 0.162. The van der Waals surface area contributed by atoms with E-state index >= 15 is 0 Å². The van der Waals surface area contributed by atoms with Crippen LogP contribution in [0.4, 0.5) is 0 Å². The van der Waals surface area contributed by atoms with Crippen molar-refractivity contribution in [3.63, 3.8) is 0 Å². The third-order valence-corrected chi connectivity index (χ3v) is 3.81. The van der Waals surface area contributed by atoms with Crippen LogP contribution in [0.15, 0.2) is 0 Å². The van der Waals surface area contributed by atoms with Gasteiger partial charge in [-0.15, -0.1) is 0 Å². The molecule has 0 bridgehead atoms. The maximum absolute atomic E-state index is 4.76. The molecule has 0 saturated heterocycles. The third kappa shape index (κ3) is 2.42. The lowest BCUT2D eigenvalue weighted by Crippen LogP contribution is -2.41. The van der Waals surface area contributed by atoms with Gasteiger partial charge >= 0.3 is 0 Å². The Balaban J connectivity index is 2.20. The summed E-state index contributed by atoms with van der Waals surface area (Å²) in [5.74, 6) is 1.83. The second-order valence-corrected chi connectivity index (χ2v) is 5.69. The van der Waals surface area contributed by atoms with Gasteiger partial charge in [0.25, 0.3) is 0 Å². The summed E-state index contributed by atoms with van der Waals surface area (Å²) >= 11 is 4.76. The molecule has 0 amide bonds. The summed E-state index contributed by atoms with van der Waals surface area (Å²) in [5, 5.41) is 0. The first-order valence-electron chi connectivity index (χ1n) is 5.30. The maximum atomic E-state index is 4.76. The Hall–Kier alpha value is 0.350. The van der Waals surface area contributed by atoms with Gasteiger partial charge in [0.15, 0.2) is 0 Å². The smallest absolute Gasteiger partial charge is 0.0135 e. The van der Waals surface area contributed by atoms with Crippen LogP contribution >= 0.6 is 12.6 Å². The standard InChI is InChI=1S/C11H22S/c1-4-5-6-11(12)7-10(8-11)9(2)3/h9-10,12H,4-8H2,1-3H3. The minimum Gasteiger partial charge on any atom is -0.172 e. The fourth-order valence-electron chi connectivity index (χ4n) is 2.10. The van der Waals surface area contributed by atoms with Gasteiger partial charge in [0.1, 0.15) is 0 Å². The Bertz CT molecular complexity index is 134. The van der Waals surface area contributed by atoms with Crippen molar-refractivity contribution in [2.75, 3.05) is 0 Å². The van der Waals surface area contributed by atoms with Crippen molar-refractivity contribution in [3.05, 3.63) is 0 Å². The third-order valence-electron chi connectivity index (χ3n) is 3.22. The lowest BCUT2D eigenvalue weighted by Gasteiger charge is -2.46. The quantitative estimate of drug-likeness (QED) is 0.632. The first-order valence-corrected chi connectivity index (χ1v) is 5.74. The summed E-state index contributed by atoms with van der Waals surface area (Å²) in [6, 6.07) is 0. The molecule has 12 heavy (non-hydrogen) atoms. The summed E-state index contributed by atoms with van der Waals surface area (Å²) in [4.78, 5) is 0. The molecule has 1 aliphatic rings. The molecular weight excluding hydrogens is 164 g/mol. The van der Waals surface area contributed by atoms with Crippen LogP contribution in [0, 0.1) is 11.8 Å². The van der Waals surface area contributed by atoms with E-state index in [0.29, 0.717) is 4.75 Å². The molecule has 0 aromatic carbocycles. The Kier molecular flexibility index (Phi) is 3.51. The highest BCUT2D eigenvalue weighted by Gasteiger charge is 2.41. The van der Waals surface area contributed by atoms with Crippen molar-refractivity contribution in [2.45, 2.75) is 57.6 Å². The molecule has 0 spiro atoms. The largest absolute Gasteiger partial charge is 0.172 e. The van der Waals surface area contributed by atoms with E-state index in [1.54, 1.807) is 0 Å². The van der Waals surface area contributed by atoms with Crippen LogP contribution in [0.2, 0.25) is 0 Å². The van der Waals surface area contributed by atoms with Crippen molar-refractivity contribution in [3.8, 4) is 0 Å². The van der Waals surface area contributed by atoms with Gasteiger partial charge < -0.3 is 0 Å². The topological polar surface area (TPSA) is 0 Å². The number of hydrogen-bond acceptors (Lipinski definition) is 1. The van der Waals surface area contributed by atoms with Gasteiger partial charge in [-0.2, -0.15) is 12.6 Å². The summed E-state index contributed by atoms with van der Waals surface area (Å²) < 4.78 is 0.422. The highest BCUT2D eigenvalue weighted by atomic mass is 32.1. The Morgan fingerprint density at radius 2 is 2.00 bits per heavy atom. The maximum Gasteiger partial charge on any atom is 0.0135 e. The SMILES string of the molecule is CCCCC1(S)CC(C(C)C)C1. The molecule has 0 aromatic rings. The van der Waals surface area contributed by atoms with Crippen LogP contribution in [0.25, 0.3) is 0 Å². The van der Waals surface area contributed by atoms with E-state index in [1.165, 1.54) is 32.1 Å².